The largest absolute Gasteiger partial charge is 0.507 e. The molecule has 2 atom stereocenters. The lowest BCUT2D eigenvalue weighted by Crippen LogP contribution is -2.20. The molecule has 7 heteroatoms. The van der Waals surface area contributed by atoms with Crippen molar-refractivity contribution in [2.45, 2.75) is 12.2 Å². The number of thiol groups is 1. The summed E-state index contributed by atoms with van der Waals surface area (Å²) in [7, 11) is 0. The quantitative estimate of drug-likeness (QED) is 0.428. The van der Waals surface area contributed by atoms with Gasteiger partial charge in [-0.15, -0.1) is 0 Å². The minimum atomic E-state index is -1.48. The van der Waals surface area contributed by atoms with Gasteiger partial charge in [0.15, 0.2) is 0 Å². The highest BCUT2D eigenvalue weighted by atomic mass is 32.1. The second-order valence-corrected chi connectivity index (χ2v) is 3.79. The van der Waals surface area contributed by atoms with Crippen molar-refractivity contribution in [1.29, 1.82) is 0 Å². The maximum atomic E-state index is 10.7. The normalized spacial score (nSPS) is 14.3. The summed E-state index contributed by atoms with van der Waals surface area (Å²) in [6, 6.07) is 1.71. The Labute approximate surface area is 102 Å². The number of carboxylic acid groups (broad SMARTS) is 1. The number of aromatic carboxylic acids is 1. The van der Waals surface area contributed by atoms with Gasteiger partial charge < -0.3 is 25.5 Å². The molecule has 0 saturated heterocycles. The third-order valence-electron chi connectivity index (χ3n) is 2.25. The molecule has 0 aromatic heterocycles. The van der Waals surface area contributed by atoms with Gasteiger partial charge in [0.2, 0.25) is 0 Å². The van der Waals surface area contributed by atoms with Crippen molar-refractivity contribution in [3.05, 3.63) is 23.3 Å². The van der Waals surface area contributed by atoms with Crippen molar-refractivity contribution >= 4 is 18.6 Å². The van der Waals surface area contributed by atoms with Crippen LogP contribution in [0.3, 0.4) is 0 Å². The van der Waals surface area contributed by atoms with E-state index < -0.39 is 35.2 Å². The van der Waals surface area contributed by atoms with Crippen LogP contribution in [0.5, 0.6) is 11.5 Å². The van der Waals surface area contributed by atoms with Gasteiger partial charge in [-0.3, -0.25) is 0 Å². The zero-order chi connectivity index (χ0) is 13.2. The minimum absolute atomic E-state index is 0.0656. The highest BCUT2D eigenvalue weighted by molar-refractivity contribution is 7.80. The van der Waals surface area contributed by atoms with Crippen molar-refractivity contribution in [2.24, 2.45) is 0 Å². The van der Waals surface area contributed by atoms with Crippen LogP contribution in [0.2, 0.25) is 0 Å². The Morgan fingerprint density at radius 2 is 1.82 bits per heavy atom. The topological polar surface area (TPSA) is 118 Å². The number of aliphatic hydroxyl groups is 2. The SMILES string of the molecule is O=C(O)c1cc(C(O)C(O)CS)c(O)cc1O. The fraction of sp³-hybridized carbons (Fsp3) is 0.300. The molecular weight excluding hydrogens is 248 g/mol. The third kappa shape index (κ3) is 2.82. The molecule has 0 heterocycles. The van der Waals surface area contributed by atoms with Crippen LogP contribution in [0.4, 0.5) is 0 Å². The third-order valence-corrected chi connectivity index (χ3v) is 2.62. The predicted octanol–water partition coefficient (Wildman–Crippen LogP) is 0.120. The van der Waals surface area contributed by atoms with Crippen molar-refractivity contribution in [3.8, 4) is 11.5 Å². The lowest BCUT2D eigenvalue weighted by Gasteiger charge is -2.18. The van der Waals surface area contributed by atoms with Crippen LogP contribution in [-0.4, -0.2) is 43.4 Å². The first-order valence-corrected chi connectivity index (χ1v) is 5.27. The lowest BCUT2D eigenvalue weighted by atomic mass is 10.0. The van der Waals surface area contributed by atoms with Crippen molar-refractivity contribution in [3.63, 3.8) is 0 Å². The van der Waals surface area contributed by atoms with Crippen molar-refractivity contribution in [1.82, 2.24) is 0 Å². The number of hydrogen-bond acceptors (Lipinski definition) is 6. The second-order valence-electron chi connectivity index (χ2n) is 3.43. The lowest BCUT2D eigenvalue weighted by molar-refractivity contribution is 0.0321. The molecule has 0 aliphatic rings. The predicted molar refractivity (Wildman–Crippen MR) is 61.6 cm³/mol. The first kappa shape index (κ1) is 13.6. The molecule has 1 aromatic carbocycles. The summed E-state index contributed by atoms with van der Waals surface area (Å²) in [6.07, 6.45) is -2.73. The standard InChI is InChI=1S/C10H12O6S/c11-6-2-7(12)5(10(15)16)1-4(6)9(14)8(13)3-17/h1-2,8-9,11-14,17H,3H2,(H,15,16). The first-order valence-electron chi connectivity index (χ1n) is 4.64. The Kier molecular flexibility index (Phi) is 4.22. The molecule has 0 radical (unpaired) electrons. The van der Waals surface area contributed by atoms with Crippen LogP contribution in [0.1, 0.15) is 22.0 Å². The molecule has 1 rings (SSSR count). The van der Waals surface area contributed by atoms with Gasteiger partial charge in [-0.2, -0.15) is 12.6 Å². The number of phenolic OH excluding ortho intramolecular Hbond substituents is 1. The van der Waals surface area contributed by atoms with E-state index in [2.05, 4.69) is 12.6 Å². The molecule has 2 unspecified atom stereocenters. The minimum Gasteiger partial charge on any atom is -0.507 e. The van der Waals surface area contributed by atoms with E-state index in [-0.39, 0.29) is 11.3 Å². The monoisotopic (exact) mass is 260 g/mol. The highest BCUT2D eigenvalue weighted by Crippen LogP contribution is 2.33. The summed E-state index contributed by atoms with van der Waals surface area (Å²) < 4.78 is 0. The van der Waals surface area contributed by atoms with Gasteiger partial charge in [0.1, 0.15) is 23.2 Å². The van der Waals surface area contributed by atoms with Gasteiger partial charge in [-0.05, 0) is 6.07 Å². The Bertz CT molecular complexity index is 433. The molecule has 0 amide bonds. The number of carboxylic acids is 1. The summed E-state index contributed by atoms with van der Waals surface area (Å²) in [4.78, 5) is 10.7. The number of aliphatic hydroxyl groups excluding tert-OH is 2. The fourth-order valence-electron chi connectivity index (χ4n) is 1.31. The number of aromatic hydroxyl groups is 2. The Balaban J connectivity index is 3.24. The van der Waals surface area contributed by atoms with E-state index >= 15 is 0 Å². The molecule has 6 nitrogen and oxygen atoms in total. The zero-order valence-corrected chi connectivity index (χ0v) is 9.50. The number of benzene rings is 1. The number of rotatable bonds is 4. The van der Waals surface area contributed by atoms with Crippen LogP contribution in [-0.2, 0) is 0 Å². The Hall–Kier alpha value is -1.44. The molecule has 17 heavy (non-hydrogen) atoms. The first-order chi connectivity index (χ1) is 7.88. The molecule has 0 bridgehead atoms. The van der Waals surface area contributed by atoms with Crippen LogP contribution in [0.15, 0.2) is 12.1 Å². The number of hydrogen-bond donors (Lipinski definition) is 6. The van der Waals surface area contributed by atoms with Gasteiger partial charge >= 0.3 is 5.97 Å². The van der Waals surface area contributed by atoms with Crippen LogP contribution in [0.25, 0.3) is 0 Å². The highest BCUT2D eigenvalue weighted by Gasteiger charge is 2.23. The number of carbonyl (C=O) groups is 1. The summed E-state index contributed by atoms with van der Waals surface area (Å²) in [5.74, 6) is -2.59. The fourth-order valence-corrected chi connectivity index (χ4v) is 1.51. The second kappa shape index (κ2) is 5.26. The maximum absolute atomic E-state index is 10.7. The van der Waals surface area contributed by atoms with Gasteiger partial charge in [-0.25, -0.2) is 4.79 Å². The van der Waals surface area contributed by atoms with Gasteiger partial charge in [-0.1, -0.05) is 0 Å². The zero-order valence-electron chi connectivity index (χ0n) is 8.61. The van der Waals surface area contributed by atoms with Gasteiger partial charge in [0.25, 0.3) is 0 Å². The molecule has 0 spiro atoms. The van der Waals surface area contributed by atoms with Gasteiger partial charge in [0, 0.05) is 17.4 Å². The molecule has 0 fully saturated rings. The van der Waals surface area contributed by atoms with E-state index in [1.54, 1.807) is 0 Å². The van der Waals surface area contributed by atoms with Crippen molar-refractivity contribution in [2.75, 3.05) is 5.75 Å². The molecule has 5 N–H and O–H groups in total. The van der Waals surface area contributed by atoms with E-state index in [9.17, 15) is 25.2 Å². The summed E-state index contributed by atoms with van der Waals surface area (Å²) in [6.45, 7) is 0. The van der Waals surface area contributed by atoms with Crippen LogP contribution in [0, 0.1) is 0 Å². The molecule has 0 aliphatic heterocycles. The number of phenols is 2. The molecule has 0 saturated carbocycles. The van der Waals surface area contributed by atoms with Crippen molar-refractivity contribution < 1.29 is 30.3 Å². The summed E-state index contributed by atoms with van der Waals surface area (Å²) >= 11 is 3.77. The van der Waals surface area contributed by atoms with E-state index in [1.807, 2.05) is 0 Å². The average molecular weight is 260 g/mol. The Morgan fingerprint density at radius 3 is 2.29 bits per heavy atom. The molecule has 0 aliphatic carbocycles. The molecular formula is C10H12O6S. The van der Waals surface area contributed by atoms with Crippen LogP contribution < -0.4 is 0 Å². The molecule has 1 aromatic rings. The summed E-state index contributed by atoms with van der Waals surface area (Å²) in [5.41, 5.74) is -0.648. The smallest absolute Gasteiger partial charge is 0.339 e. The van der Waals surface area contributed by atoms with E-state index in [0.29, 0.717) is 0 Å². The van der Waals surface area contributed by atoms with E-state index in [1.165, 1.54) is 0 Å². The van der Waals surface area contributed by atoms with Crippen LogP contribution >= 0.6 is 12.6 Å². The molecule has 94 valence electrons. The van der Waals surface area contributed by atoms with E-state index in [0.717, 1.165) is 12.1 Å². The average Bonchev–Trinajstić information content (AvgIpc) is 2.26. The summed E-state index contributed by atoms with van der Waals surface area (Å²) in [5, 5.41) is 46.5. The van der Waals surface area contributed by atoms with Gasteiger partial charge in [0.05, 0.1) is 6.10 Å². The maximum Gasteiger partial charge on any atom is 0.339 e. The van der Waals surface area contributed by atoms with E-state index in [4.69, 9.17) is 5.11 Å². The Morgan fingerprint density at radius 1 is 1.24 bits per heavy atom.